The van der Waals surface area contributed by atoms with Crippen molar-refractivity contribution in [3.63, 3.8) is 0 Å². The topological polar surface area (TPSA) is 209 Å². The van der Waals surface area contributed by atoms with Crippen LogP contribution in [-0.2, 0) is 34.4 Å². The summed E-state index contributed by atoms with van der Waals surface area (Å²) in [5, 5.41) is 19.0. The summed E-state index contributed by atoms with van der Waals surface area (Å²) in [4.78, 5) is 24.9. The van der Waals surface area contributed by atoms with E-state index in [1.54, 1.807) is 0 Å². The van der Waals surface area contributed by atoms with Gasteiger partial charge in [-0.15, -0.1) is 14.5 Å². The quantitative estimate of drug-likeness (QED) is 0.204. The molecule has 1 aliphatic rings. The van der Waals surface area contributed by atoms with Crippen molar-refractivity contribution in [1.82, 2.24) is 5.32 Å². The van der Waals surface area contributed by atoms with Crippen LogP contribution in [0.2, 0.25) is 5.02 Å². The summed E-state index contributed by atoms with van der Waals surface area (Å²) in [5.41, 5.74) is 0.00755. The van der Waals surface area contributed by atoms with Crippen LogP contribution in [0.1, 0.15) is 12.8 Å². The number of fused-ring (bicyclic) bond motifs is 1. The molecule has 0 fully saturated rings. The molecule has 1 aromatic carbocycles. The summed E-state index contributed by atoms with van der Waals surface area (Å²) in [7, 11) is -8.48. The number of sulfonamides is 2. The third-order valence-electron chi connectivity index (χ3n) is 3.71. The van der Waals surface area contributed by atoms with Crippen LogP contribution in [-0.4, -0.2) is 60.0 Å². The minimum Gasteiger partial charge on any atom is -0.378 e. The molecule has 17 heteroatoms. The Labute approximate surface area is 182 Å². The van der Waals surface area contributed by atoms with Crippen molar-refractivity contribution in [3.8, 4) is 0 Å². The second-order valence-electron chi connectivity index (χ2n) is 5.98. The smallest absolute Gasteiger partial charge is 0.294 e. The number of nitrogens with one attached hydrogen (secondary N) is 2. The average Bonchev–Trinajstić information content (AvgIpc) is 2.63. The lowest BCUT2D eigenvalue weighted by atomic mass is 10.2. The fraction of sp³-hybridized carbons (Fsp3) is 0.429. The van der Waals surface area contributed by atoms with Crippen LogP contribution in [0.3, 0.4) is 0 Å². The van der Waals surface area contributed by atoms with Crippen LogP contribution in [0.4, 0.5) is 5.69 Å². The largest absolute Gasteiger partial charge is 0.378 e. The molecule has 0 radical (unpaired) electrons. The zero-order valence-electron chi connectivity index (χ0n) is 15.7. The Morgan fingerprint density at radius 2 is 2.03 bits per heavy atom. The SMILES string of the molecule is NS(=O)(=O)c1cc2c(cc1Cl)NC(CCC(=O)NCCOCCO[N+](=O)[O-])=NS2(=O)=O. The highest BCUT2D eigenvalue weighted by Crippen LogP contribution is 2.34. The van der Waals surface area contributed by atoms with E-state index in [1.165, 1.54) is 0 Å². The number of benzene rings is 1. The Hall–Kier alpha value is -2.53. The highest BCUT2D eigenvalue weighted by atomic mass is 35.5. The zero-order valence-corrected chi connectivity index (χ0v) is 18.1. The van der Waals surface area contributed by atoms with Crippen LogP contribution in [0.25, 0.3) is 0 Å². The fourth-order valence-electron chi connectivity index (χ4n) is 2.40. The molecule has 0 aliphatic carbocycles. The summed E-state index contributed by atoms with van der Waals surface area (Å²) in [5.74, 6) is -0.448. The maximum Gasteiger partial charge on any atom is 0.294 e. The Kier molecular flexibility index (Phi) is 8.13. The van der Waals surface area contributed by atoms with Gasteiger partial charge in [0, 0.05) is 19.4 Å². The van der Waals surface area contributed by atoms with E-state index in [9.17, 15) is 31.7 Å². The zero-order chi connectivity index (χ0) is 23.2. The molecule has 0 unspecified atom stereocenters. The molecule has 14 nitrogen and oxygen atoms in total. The highest BCUT2D eigenvalue weighted by Gasteiger charge is 2.28. The van der Waals surface area contributed by atoms with E-state index >= 15 is 0 Å². The summed E-state index contributed by atoms with van der Waals surface area (Å²) in [6.45, 7) is -0.0292. The van der Waals surface area contributed by atoms with Gasteiger partial charge in [-0.2, -0.15) is 8.42 Å². The number of primary sulfonamides is 1. The molecule has 172 valence electrons. The van der Waals surface area contributed by atoms with Gasteiger partial charge in [-0.1, -0.05) is 11.6 Å². The number of anilines is 1. The van der Waals surface area contributed by atoms with Gasteiger partial charge in [0.2, 0.25) is 15.9 Å². The van der Waals surface area contributed by atoms with Gasteiger partial charge in [-0.25, -0.2) is 13.6 Å². The number of amides is 1. The van der Waals surface area contributed by atoms with E-state index in [0.717, 1.165) is 12.1 Å². The van der Waals surface area contributed by atoms with Gasteiger partial charge in [0.05, 0.1) is 23.9 Å². The summed E-state index contributed by atoms with van der Waals surface area (Å²) >= 11 is 5.88. The minimum absolute atomic E-state index is 0.00755. The second kappa shape index (κ2) is 10.2. The number of carbonyl (C=O) groups is 1. The van der Waals surface area contributed by atoms with E-state index in [1.807, 2.05) is 0 Å². The molecule has 0 aromatic heterocycles. The van der Waals surface area contributed by atoms with Crippen molar-refractivity contribution < 1.29 is 36.3 Å². The van der Waals surface area contributed by atoms with Crippen LogP contribution < -0.4 is 15.8 Å². The van der Waals surface area contributed by atoms with Gasteiger partial charge in [0.15, 0.2) is 0 Å². The fourth-order valence-corrected chi connectivity index (χ4v) is 4.75. The van der Waals surface area contributed by atoms with E-state index in [0.29, 0.717) is 0 Å². The molecule has 1 heterocycles. The van der Waals surface area contributed by atoms with E-state index in [4.69, 9.17) is 21.5 Å². The number of carbonyl (C=O) groups excluding carboxylic acids is 1. The second-order valence-corrected chi connectivity index (χ2v) is 9.49. The van der Waals surface area contributed by atoms with Crippen LogP contribution in [0.5, 0.6) is 0 Å². The van der Waals surface area contributed by atoms with E-state index < -0.39 is 40.8 Å². The Morgan fingerprint density at radius 3 is 2.68 bits per heavy atom. The first-order chi connectivity index (χ1) is 14.4. The third-order valence-corrected chi connectivity index (χ3v) is 6.44. The van der Waals surface area contributed by atoms with Crippen molar-refractivity contribution in [1.29, 1.82) is 0 Å². The molecule has 31 heavy (non-hydrogen) atoms. The Balaban J connectivity index is 1.89. The highest BCUT2D eigenvalue weighted by molar-refractivity contribution is 7.91. The number of nitrogens with zero attached hydrogens (tertiary/aromatic N) is 2. The first-order valence-electron chi connectivity index (χ1n) is 8.49. The van der Waals surface area contributed by atoms with Gasteiger partial charge in [0.25, 0.3) is 15.1 Å². The maximum atomic E-state index is 12.4. The molecule has 4 N–H and O–H groups in total. The number of amidine groups is 1. The molecule has 1 aromatic rings. The molecule has 0 bridgehead atoms. The van der Waals surface area contributed by atoms with Crippen LogP contribution in [0.15, 0.2) is 26.3 Å². The van der Waals surface area contributed by atoms with Crippen molar-refractivity contribution in [2.45, 2.75) is 22.6 Å². The lowest BCUT2D eigenvalue weighted by Crippen LogP contribution is -2.29. The molecule has 0 atom stereocenters. The van der Waals surface area contributed by atoms with Crippen molar-refractivity contribution in [3.05, 3.63) is 27.3 Å². The number of nitrogens with two attached hydrogens (primary N) is 1. The van der Waals surface area contributed by atoms with E-state index in [-0.39, 0.29) is 55.8 Å². The lowest BCUT2D eigenvalue weighted by Gasteiger charge is -2.19. The Bertz CT molecular complexity index is 1110. The summed E-state index contributed by atoms with van der Waals surface area (Å²) in [6, 6.07) is 1.92. The van der Waals surface area contributed by atoms with Crippen molar-refractivity contribution >= 4 is 49.1 Å². The molecule has 2 rings (SSSR count). The van der Waals surface area contributed by atoms with Gasteiger partial charge in [0.1, 0.15) is 22.2 Å². The standard InChI is InChI=1S/C14H18ClN5O9S2/c15-9-7-10-12(8-11(9)30(16,24)25)31(26,27)19-13(18-10)1-2-14(21)17-3-4-28-5-6-29-20(22)23/h7-8H,1-6H2,(H,17,21)(H,18,19)(H2,16,24,25). The van der Waals surface area contributed by atoms with Crippen LogP contribution in [0, 0.1) is 10.1 Å². The molecule has 0 saturated carbocycles. The van der Waals surface area contributed by atoms with Crippen molar-refractivity contribution in [2.24, 2.45) is 9.54 Å². The monoisotopic (exact) mass is 499 g/mol. The molecule has 1 amide bonds. The maximum absolute atomic E-state index is 12.4. The molecule has 0 spiro atoms. The predicted molar refractivity (Wildman–Crippen MR) is 107 cm³/mol. The number of hydrogen-bond donors (Lipinski definition) is 3. The number of rotatable bonds is 11. The first-order valence-corrected chi connectivity index (χ1v) is 11.9. The number of halogens is 1. The van der Waals surface area contributed by atoms with Gasteiger partial charge in [-0.3, -0.25) is 4.79 Å². The number of hydrogen-bond acceptors (Lipinski definition) is 10. The van der Waals surface area contributed by atoms with Gasteiger partial charge < -0.3 is 20.2 Å². The Morgan fingerprint density at radius 1 is 1.32 bits per heavy atom. The molecular weight excluding hydrogens is 482 g/mol. The predicted octanol–water partition coefficient (Wildman–Crippen LogP) is -0.379. The summed E-state index contributed by atoms with van der Waals surface area (Å²) < 4.78 is 56.4. The first kappa shape index (κ1) is 24.7. The molecular formula is C14H18ClN5O9S2. The molecule has 0 saturated heterocycles. The average molecular weight is 500 g/mol. The number of ether oxygens (including phenoxy) is 1. The third kappa shape index (κ3) is 7.28. The normalized spacial score (nSPS) is 14.7. The summed E-state index contributed by atoms with van der Waals surface area (Å²) in [6.07, 6.45) is -0.166. The van der Waals surface area contributed by atoms with E-state index in [2.05, 4.69) is 19.9 Å². The lowest BCUT2D eigenvalue weighted by molar-refractivity contribution is -0.758. The molecule has 1 aliphatic heterocycles. The van der Waals surface area contributed by atoms with Crippen molar-refractivity contribution in [2.75, 3.05) is 31.7 Å². The van der Waals surface area contributed by atoms with Gasteiger partial charge in [-0.05, 0) is 12.1 Å². The van der Waals surface area contributed by atoms with Crippen LogP contribution >= 0.6 is 11.6 Å². The minimum atomic E-state index is -4.25. The van der Waals surface area contributed by atoms with Gasteiger partial charge >= 0.3 is 0 Å².